The van der Waals surface area contributed by atoms with E-state index in [1.165, 1.54) is 25.3 Å². The van der Waals surface area contributed by atoms with E-state index in [2.05, 4.69) is 4.18 Å². The van der Waals surface area contributed by atoms with Crippen LogP contribution in [0.2, 0.25) is 0 Å². The summed E-state index contributed by atoms with van der Waals surface area (Å²) in [5.41, 5.74) is 5.74. The molecule has 0 atom stereocenters. The van der Waals surface area contributed by atoms with Crippen molar-refractivity contribution in [3.05, 3.63) is 18.2 Å². The molecule has 0 aromatic heterocycles. The van der Waals surface area contributed by atoms with E-state index >= 15 is 0 Å². The molecular weight excluding hydrogens is 213 g/mol. The lowest BCUT2D eigenvalue weighted by atomic mass is 10.3. The molecule has 0 aliphatic rings. The van der Waals surface area contributed by atoms with Gasteiger partial charge in [0.2, 0.25) is 0 Å². The first-order chi connectivity index (χ1) is 6.42. The van der Waals surface area contributed by atoms with Crippen molar-refractivity contribution in [3.8, 4) is 11.5 Å². The molecule has 78 valence electrons. The van der Waals surface area contributed by atoms with Crippen molar-refractivity contribution in [1.29, 1.82) is 0 Å². The molecule has 1 rings (SSSR count). The van der Waals surface area contributed by atoms with Crippen molar-refractivity contribution >= 4 is 16.2 Å². The van der Waals surface area contributed by atoms with Gasteiger partial charge in [-0.15, -0.1) is 0 Å². The lowest BCUT2D eigenvalue weighted by Gasteiger charge is -2.06. The number of benzene rings is 1. The summed E-state index contributed by atoms with van der Waals surface area (Å²) in [5, 5.41) is 0. The summed E-state index contributed by atoms with van der Waals surface area (Å²) in [7, 11) is -3.76. The quantitative estimate of drug-likeness (QED) is 0.605. The van der Waals surface area contributed by atoms with E-state index in [0.29, 0.717) is 5.69 Å². The zero-order valence-electron chi connectivity index (χ0n) is 7.23. The topological polar surface area (TPSA) is 78.6 Å². The van der Waals surface area contributed by atoms with Crippen molar-refractivity contribution < 1.29 is 21.2 Å². The van der Waals surface area contributed by atoms with Crippen LogP contribution in [0.25, 0.3) is 0 Å². The summed E-state index contributed by atoms with van der Waals surface area (Å²) in [6, 6.07) is 3.88. The molecule has 5 nitrogen and oxygen atoms in total. The fraction of sp³-hybridized carbons (Fsp3) is 0.143. The summed E-state index contributed by atoms with van der Waals surface area (Å²) >= 11 is 0. The Kier molecular flexibility index (Phi) is 2.80. The van der Waals surface area contributed by atoms with E-state index in [9.17, 15) is 12.3 Å². The molecule has 0 aliphatic heterocycles. The van der Waals surface area contributed by atoms with Gasteiger partial charge in [-0.3, -0.25) is 0 Å². The van der Waals surface area contributed by atoms with E-state index < -0.39 is 10.5 Å². The summed E-state index contributed by atoms with van der Waals surface area (Å²) in [5.74, 6) is -0.199. The van der Waals surface area contributed by atoms with Gasteiger partial charge in [0, 0.05) is 11.8 Å². The van der Waals surface area contributed by atoms with E-state index in [1.807, 2.05) is 0 Å². The summed E-state index contributed by atoms with van der Waals surface area (Å²) < 4.78 is 41.3. The smallest absolute Gasteiger partial charge is 0.488 e. The van der Waals surface area contributed by atoms with E-state index in [-0.39, 0.29) is 11.5 Å². The van der Waals surface area contributed by atoms with Gasteiger partial charge in [0.25, 0.3) is 0 Å². The number of methoxy groups -OCH3 is 1. The van der Waals surface area contributed by atoms with Gasteiger partial charge >= 0.3 is 10.5 Å². The van der Waals surface area contributed by atoms with Crippen LogP contribution in [0, 0.1) is 0 Å². The zero-order chi connectivity index (χ0) is 10.8. The molecule has 1 aromatic rings. The zero-order valence-corrected chi connectivity index (χ0v) is 8.05. The summed E-state index contributed by atoms with van der Waals surface area (Å²) in [6.45, 7) is 0. The Balaban J connectivity index is 3.09. The molecule has 14 heavy (non-hydrogen) atoms. The molecule has 0 amide bonds. The third kappa shape index (κ3) is 2.77. The Morgan fingerprint density at radius 2 is 2.00 bits per heavy atom. The maximum Gasteiger partial charge on any atom is 0.488 e. The number of nitrogen functional groups attached to an aromatic ring is 1. The Labute approximate surface area is 80.7 Å². The minimum atomic E-state index is -5.04. The SMILES string of the molecule is COc1cc(N)ccc1OS(=O)(=O)F. The van der Waals surface area contributed by atoms with Gasteiger partial charge in [-0.25, -0.2) is 0 Å². The van der Waals surface area contributed by atoms with E-state index in [0.717, 1.165) is 0 Å². The lowest BCUT2D eigenvalue weighted by Crippen LogP contribution is -2.03. The first-order valence-electron chi connectivity index (χ1n) is 3.50. The fourth-order valence-corrected chi connectivity index (χ4v) is 1.21. The number of hydrogen-bond donors (Lipinski definition) is 1. The van der Waals surface area contributed by atoms with Crippen molar-refractivity contribution in [2.75, 3.05) is 12.8 Å². The van der Waals surface area contributed by atoms with Crippen molar-refractivity contribution in [2.45, 2.75) is 0 Å². The average Bonchev–Trinajstić information content (AvgIpc) is 2.06. The molecule has 0 fully saturated rings. The molecular formula is C7H8FNO4S. The number of anilines is 1. The van der Waals surface area contributed by atoms with Gasteiger partial charge in [-0.2, -0.15) is 8.42 Å². The summed E-state index contributed by atoms with van der Waals surface area (Å²) in [6.07, 6.45) is 0. The van der Waals surface area contributed by atoms with Crippen LogP contribution < -0.4 is 14.7 Å². The number of rotatable bonds is 3. The molecule has 0 saturated carbocycles. The highest BCUT2D eigenvalue weighted by molar-refractivity contribution is 7.81. The minimum absolute atomic E-state index is 0.0474. The Morgan fingerprint density at radius 3 is 2.50 bits per heavy atom. The monoisotopic (exact) mass is 221 g/mol. The van der Waals surface area contributed by atoms with Gasteiger partial charge in [-0.1, -0.05) is 3.89 Å². The molecule has 0 aliphatic carbocycles. The van der Waals surface area contributed by atoms with E-state index in [1.54, 1.807) is 0 Å². The maximum atomic E-state index is 12.2. The van der Waals surface area contributed by atoms with Crippen LogP contribution in [-0.4, -0.2) is 15.5 Å². The number of halogens is 1. The second kappa shape index (κ2) is 3.70. The van der Waals surface area contributed by atoms with Crippen LogP contribution in [0.4, 0.5) is 9.57 Å². The fourth-order valence-electron chi connectivity index (χ4n) is 0.860. The summed E-state index contributed by atoms with van der Waals surface area (Å²) in [4.78, 5) is 0. The normalized spacial score (nSPS) is 11.0. The molecule has 0 unspecified atom stereocenters. The van der Waals surface area contributed by atoms with Gasteiger partial charge in [0.1, 0.15) is 0 Å². The van der Waals surface area contributed by atoms with Gasteiger partial charge in [0.15, 0.2) is 11.5 Å². The standard InChI is InChI=1S/C7H8FNO4S/c1-12-7-4-5(9)2-3-6(7)13-14(8,10)11/h2-4H,9H2,1H3. The van der Waals surface area contributed by atoms with Crippen LogP contribution in [0.1, 0.15) is 0 Å². The van der Waals surface area contributed by atoms with Crippen LogP contribution >= 0.6 is 0 Å². The second-order valence-corrected chi connectivity index (χ2v) is 3.34. The first kappa shape index (κ1) is 10.6. The number of nitrogens with two attached hydrogens (primary N) is 1. The Bertz CT molecular complexity index is 431. The lowest BCUT2D eigenvalue weighted by molar-refractivity contribution is 0.381. The maximum absolute atomic E-state index is 12.2. The number of ether oxygens (including phenoxy) is 1. The largest absolute Gasteiger partial charge is 0.493 e. The van der Waals surface area contributed by atoms with Gasteiger partial charge in [-0.05, 0) is 12.1 Å². The third-order valence-electron chi connectivity index (χ3n) is 1.38. The van der Waals surface area contributed by atoms with Crippen LogP contribution in [-0.2, 0) is 10.5 Å². The van der Waals surface area contributed by atoms with Crippen LogP contribution in [0.3, 0.4) is 0 Å². The number of hydrogen-bond acceptors (Lipinski definition) is 5. The molecule has 0 heterocycles. The molecule has 7 heteroatoms. The highest BCUT2D eigenvalue weighted by Crippen LogP contribution is 2.30. The molecule has 0 radical (unpaired) electrons. The predicted molar refractivity (Wildman–Crippen MR) is 48.1 cm³/mol. The Hall–Kier alpha value is -1.50. The van der Waals surface area contributed by atoms with E-state index in [4.69, 9.17) is 10.5 Å². The van der Waals surface area contributed by atoms with Crippen LogP contribution in [0.15, 0.2) is 18.2 Å². The minimum Gasteiger partial charge on any atom is -0.493 e. The highest BCUT2D eigenvalue weighted by Gasteiger charge is 2.13. The molecule has 0 bridgehead atoms. The second-order valence-electron chi connectivity index (χ2n) is 2.39. The van der Waals surface area contributed by atoms with Crippen molar-refractivity contribution in [2.24, 2.45) is 0 Å². The van der Waals surface area contributed by atoms with Crippen molar-refractivity contribution in [1.82, 2.24) is 0 Å². The van der Waals surface area contributed by atoms with Gasteiger partial charge in [0.05, 0.1) is 7.11 Å². The average molecular weight is 221 g/mol. The first-order valence-corrected chi connectivity index (χ1v) is 4.81. The van der Waals surface area contributed by atoms with Crippen molar-refractivity contribution in [3.63, 3.8) is 0 Å². The molecule has 1 aromatic carbocycles. The molecule has 0 spiro atoms. The van der Waals surface area contributed by atoms with Gasteiger partial charge < -0.3 is 14.7 Å². The molecule has 0 saturated heterocycles. The Morgan fingerprint density at radius 1 is 1.36 bits per heavy atom. The highest BCUT2D eigenvalue weighted by atomic mass is 32.3. The predicted octanol–water partition coefficient (Wildman–Crippen LogP) is 0.871. The molecule has 2 N–H and O–H groups in total. The third-order valence-corrected chi connectivity index (χ3v) is 1.76. The van der Waals surface area contributed by atoms with Crippen LogP contribution in [0.5, 0.6) is 11.5 Å².